The van der Waals surface area contributed by atoms with Gasteiger partial charge in [0.15, 0.2) is 0 Å². The Labute approximate surface area is 107 Å². The van der Waals surface area contributed by atoms with Gasteiger partial charge in [-0.1, -0.05) is 48.6 Å². The standard InChI is InChI=1S/C15H16O3/c1-17-14(16)13-10-6-7-11-15(13,18-2)12-8-4-3-5-9-12/h3-11,13H,1-2H3. The first-order valence-corrected chi connectivity index (χ1v) is 5.79. The lowest BCUT2D eigenvalue weighted by atomic mass is 9.78. The molecule has 1 aliphatic rings. The monoisotopic (exact) mass is 244 g/mol. The van der Waals surface area contributed by atoms with E-state index in [1.807, 2.05) is 54.6 Å². The van der Waals surface area contributed by atoms with Crippen molar-refractivity contribution in [3.8, 4) is 0 Å². The zero-order valence-corrected chi connectivity index (χ0v) is 10.5. The van der Waals surface area contributed by atoms with Gasteiger partial charge in [0.05, 0.1) is 7.11 Å². The molecule has 0 radical (unpaired) electrons. The van der Waals surface area contributed by atoms with E-state index in [0.717, 1.165) is 5.56 Å². The third kappa shape index (κ3) is 1.97. The molecule has 1 aliphatic carbocycles. The summed E-state index contributed by atoms with van der Waals surface area (Å²) in [6, 6.07) is 9.68. The van der Waals surface area contributed by atoms with Crippen molar-refractivity contribution in [1.82, 2.24) is 0 Å². The zero-order valence-electron chi connectivity index (χ0n) is 10.5. The van der Waals surface area contributed by atoms with E-state index in [1.54, 1.807) is 7.11 Å². The van der Waals surface area contributed by atoms with Crippen LogP contribution in [0.15, 0.2) is 54.6 Å². The second-order valence-corrected chi connectivity index (χ2v) is 4.11. The number of hydrogen-bond acceptors (Lipinski definition) is 3. The van der Waals surface area contributed by atoms with E-state index in [4.69, 9.17) is 9.47 Å². The van der Waals surface area contributed by atoms with Crippen LogP contribution in [-0.2, 0) is 19.9 Å². The quantitative estimate of drug-likeness (QED) is 0.766. The Morgan fingerprint density at radius 1 is 1.17 bits per heavy atom. The summed E-state index contributed by atoms with van der Waals surface area (Å²) in [6.45, 7) is 0. The van der Waals surface area contributed by atoms with Crippen molar-refractivity contribution < 1.29 is 14.3 Å². The summed E-state index contributed by atoms with van der Waals surface area (Å²) in [6.07, 6.45) is 7.42. The van der Waals surface area contributed by atoms with Gasteiger partial charge in [-0.05, 0) is 11.6 Å². The molecule has 0 bridgehead atoms. The summed E-state index contributed by atoms with van der Waals surface area (Å²) >= 11 is 0. The SMILES string of the molecule is COC(=O)C1C=CC=CC1(OC)c1ccccc1. The smallest absolute Gasteiger partial charge is 0.316 e. The molecule has 2 unspecified atom stereocenters. The maximum Gasteiger partial charge on any atom is 0.316 e. The van der Waals surface area contributed by atoms with Crippen LogP contribution >= 0.6 is 0 Å². The van der Waals surface area contributed by atoms with Crippen molar-refractivity contribution in [2.75, 3.05) is 14.2 Å². The lowest BCUT2D eigenvalue weighted by molar-refractivity contribution is -0.152. The van der Waals surface area contributed by atoms with Gasteiger partial charge in [0, 0.05) is 7.11 Å². The molecular weight excluding hydrogens is 228 g/mol. The predicted molar refractivity (Wildman–Crippen MR) is 68.9 cm³/mol. The number of carbonyl (C=O) groups is 1. The van der Waals surface area contributed by atoms with Crippen LogP contribution in [0.25, 0.3) is 0 Å². The van der Waals surface area contributed by atoms with E-state index in [1.165, 1.54) is 7.11 Å². The molecule has 0 aromatic heterocycles. The number of hydrogen-bond donors (Lipinski definition) is 0. The average molecular weight is 244 g/mol. The van der Waals surface area contributed by atoms with E-state index < -0.39 is 11.5 Å². The zero-order chi connectivity index (χ0) is 13.0. The van der Waals surface area contributed by atoms with Crippen LogP contribution in [0.4, 0.5) is 0 Å². The third-order valence-electron chi connectivity index (χ3n) is 3.24. The maximum atomic E-state index is 11.9. The number of ether oxygens (including phenoxy) is 2. The number of benzene rings is 1. The highest BCUT2D eigenvalue weighted by Gasteiger charge is 2.43. The van der Waals surface area contributed by atoms with Crippen LogP contribution in [0, 0.1) is 5.92 Å². The summed E-state index contributed by atoms with van der Waals surface area (Å²) in [5.41, 5.74) is 0.145. The molecular formula is C15H16O3. The molecule has 0 heterocycles. The van der Waals surface area contributed by atoms with Crippen molar-refractivity contribution in [3.05, 3.63) is 60.2 Å². The first kappa shape index (κ1) is 12.6. The normalized spacial score (nSPS) is 26.0. The summed E-state index contributed by atoms with van der Waals surface area (Å²) in [5.74, 6) is -0.777. The third-order valence-corrected chi connectivity index (χ3v) is 3.24. The summed E-state index contributed by atoms with van der Waals surface area (Å²) in [7, 11) is 2.99. The number of methoxy groups -OCH3 is 2. The van der Waals surface area contributed by atoms with Gasteiger partial charge in [0.1, 0.15) is 11.5 Å². The molecule has 2 rings (SSSR count). The van der Waals surface area contributed by atoms with E-state index in [9.17, 15) is 4.79 Å². The van der Waals surface area contributed by atoms with Crippen LogP contribution in [0.5, 0.6) is 0 Å². The molecule has 0 saturated carbocycles. The van der Waals surface area contributed by atoms with Crippen LogP contribution in [0.3, 0.4) is 0 Å². The Hall–Kier alpha value is -1.87. The van der Waals surface area contributed by atoms with Crippen LogP contribution < -0.4 is 0 Å². The van der Waals surface area contributed by atoms with Crippen molar-refractivity contribution in [3.63, 3.8) is 0 Å². The lowest BCUT2D eigenvalue weighted by Crippen LogP contribution is -2.40. The minimum absolute atomic E-state index is 0.304. The highest BCUT2D eigenvalue weighted by molar-refractivity contribution is 5.77. The highest BCUT2D eigenvalue weighted by Crippen LogP contribution is 2.38. The van der Waals surface area contributed by atoms with Crippen molar-refractivity contribution in [1.29, 1.82) is 0 Å². The number of carbonyl (C=O) groups excluding carboxylic acids is 1. The molecule has 94 valence electrons. The van der Waals surface area contributed by atoms with Crippen molar-refractivity contribution in [2.45, 2.75) is 5.60 Å². The Bertz CT molecular complexity index is 476. The molecule has 0 saturated heterocycles. The molecule has 1 aromatic rings. The molecule has 0 aliphatic heterocycles. The molecule has 2 atom stereocenters. The molecule has 18 heavy (non-hydrogen) atoms. The lowest BCUT2D eigenvalue weighted by Gasteiger charge is -2.36. The predicted octanol–water partition coefficient (Wildman–Crippen LogP) is 2.44. The van der Waals surface area contributed by atoms with E-state index in [-0.39, 0.29) is 5.97 Å². The van der Waals surface area contributed by atoms with Gasteiger partial charge in [0.2, 0.25) is 0 Å². The fraction of sp³-hybridized carbons (Fsp3) is 0.267. The Morgan fingerprint density at radius 3 is 2.50 bits per heavy atom. The van der Waals surface area contributed by atoms with Gasteiger partial charge < -0.3 is 9.47 Å². The van der Waals surface area contributed by atoms with Crippen LogP contribution in [0.2, 0.25) is 0 Å². The molecule has 3 heteroatoms. The van der Waals surface area contributed by atoms with Crippen molar-refractivity contribution >= 4 is 5.97 Å². The van der Waals surface area contributed by atoms with Crippen molar-refractivity contribution in [2.24, 2.45) is 5.92 Å². The topological polar surface area (TPSA) is 35.5 Å². The largest absolute Gasteiger partial charge is 0.468 e. The van der Waals surface area contributed by atoms with Gasteiger partial charge in [0.25, 0.3) is 0 Å². The Morgan fingerprint density at radius 2 is 1.89 bits per heavy atom. The molecule has 1 aromatic carbocycles. The molecule has 0 fully saturated rings. The Balaban J connectivity index is 2.50. The van der Waals surface area contributed by atoms with Crippen LogP contribution in [-0.4, -0.2) is 20.2 Å². The second-order valence-electron chi connectivity index (χ2n) is 4.11. The van der Waals surface area contributed by atoms with Gasteiger partial charge in [-0.2, -0.15) is 0 Å². The number of rotatable bonds is 3. The second kappa shape index (κ2) is 5.19. The highest BCUT2D eigenvalue weighted by atomic mass is 16.5. The fourth-order valence-corrected chi connectivity index (χ4v) is 2.29. The Kier molecular flexibility index (Phi) is 3.63. The minimum Gasteiger partial charge on any atom is -0.468 e. The first-order chi connectivity index (χ1) is 8.74. The summed E-state index contributed by atoms with van der Waals surface area (Å²) in [5, 5.41) is 0. The first-order valence-electron chi connectivity index (χ1n) is 5.79. The molecule has 0 spiro atoms. The van der Waals surface area contributed by atoms with Gasteiger partial charge >= 0.3 is 5.97 Å². The summed E-state index contributed by atoms with van der Waals surface area (Å²) < 4.78 is 10.5. The van der Waals surface area contributed by atoms with Gasteiger partial charge in [-0.15, -0.1) is 0 Å². The minimum atomic E-state index is -0.789. The summed E-state index contributed by atoms with van der Waals surface area (Å²) in [4.78, 5) is 11.9. The average Bonchev–Trinajstić information content (AvgIpc) is 2.47. The molecule has 3 nitrogen and oxygen atoms in total. The van der Waals surface area contributed by atoms with E-state index in [0.29, 0.717) is 0 Å². The maximum absolute atomic E-state index is 11.9. The van der Waals surface area contributed by atoms with Gasteiger partial charge in [-0.3, -0.25) is 4.79 Å². The van der Waals surface area contributed by atoms with E-state index in [2.05, 4.69) is 0 Å². The van der Waals surface area contributed by atoms with Crippen LogP contribution in [0.1, 0.15) is 5.56 Å². The number of allylic oxidation sites excluding steroid dienone is 2. The number of esters is 1. The van der Waals surface area contributed by atoms with Gasteiger partial charge in [-0.25, -0.2) is 0 Å². The molecule has 0 amide bonds. The molecule has 0 N–H and O–H groups in total. The van der Waals surface area contributed by atoms with E-state index >= 15 is 0 Å². The fourth-order valence-electron chi connectivity index (χ4n) is 2.29.